The van der Waals surface area contributed by atoms with E-state index in [0.29, 0.717) is 18.1 Å². The molecule has 1 fully saturated rings. The second kappa shape index (κ2) is 9.14. The van der Waals surface area contributed by atoms with Gasteiger partial charge in [-0.3, -0.25) is 0 Å². The number of methoxy groups -OCH3 is 1. The molecule has 0 aromatic heterocycles. The first-order chi connectivity index (χ1) is 13.1. The fraction of sp³-hybridized carbons (Fsp3) is 0.391. The van der Waals surface area contributed by atoms with E-state index in [1.54, 1.807) is 6.07 Å². The lowest BCUT2D eigenvalue weighted by atomic mass is 9.90. The molecule has 2 aromatic carbocycles. The predicted octanol–water partition coefficient (Wildman–Crippen LogP) is 6.26. The molecule has 1 heterocycles. The molecule has 2 unspecified atom stereocenters. The first kappa shape index (κ1) is 19.6. The van der Waals surface area contributed by atoms with Crippen molar-refractivity contribution in [2.45, 2.75) is 44.6 Å². The summed E-state index contributed by atoms with van der Waals surface area (Å²) in [5, 5.41) is 0. The Balaban J connectivity index is 1.67. The fourth-order valence-corrected chi connectivity index (χ4v) is 3.45. The zero-order valence-electron chi connectivity index (χ0n) is 15.9. The Morgan fingerprint density at radius 1 is 1.07 bits per heavy atom. The minimum Gasteiger partial charge on any atom is -0.494 e. The normalized spacial score (nSPS) is 20.1. The highest BCUT2D eigenvalue weighted by Crippen LogP contribution is 2.33. The van der Waals surface area contributed by atoms with Gasteiger partial charge in [0.15, 0.2) is 11.6 Å². The van der Waals surface area contributed by atoms with E-state index in [1.165, 1.54) is 18.7 Å². The summed E-state index contributed by atoms with van der Waals surface area (Å²) in [5.74, 6) is -1.59. The largest absolute Gasteiger partial charge is 0.494 e. The zero-order valence-corrected chi connectivity index (χ0v) is 15.9. The number of halogens is 2. The number of unbranched alkanes of at least 4 members (excludes halogenated alkanes) is 1. The lowest BCUT2D eigenvalue weighted by Crippen LogP contribution is -2.23. The van der Waals surface area contributed by atoms with E-state index in [-0.39, 0.29) is 17.4 Å². The molecule has 144 valence electrons. The van der Waals surface area contributed by atoms with E-state index in [4.69, 9.17) is 9.47 Å². The molecule has 0 bridgehead atoms. The van der Waals surface area contributed by atoms with Crippen LogP contribution >= 0.6 is 0 Å². The Hall–Kier alpha value is -2.20. The van der Waals surface area contributed by atoms with Crippen LogP contribution in [0.2, 0.25) is 0 Å². The molecule has 0 saturated carbocycles. The molecule has 3 rings (SSSR count). The Morgan fingerprint density at radius 3 is 2.48 bits per heavy atom. The first-order valence-electron chi connectivity index (χ1n) is 9.54. The van der Waals surface area contributed by atoms with Crippen molar-refractivity contribution in [2.75, 3.05) is 13.7 Å². The number of benzene rings is 2. The van der Waals surface area contributed by atoms with Gasteiger partial charge in [-0.1, -0.05) is 49.8 Å². The maximum absolute atomic E-state index is 14.3. The van der Waals surface area contributed by atoms with E-state index in [2.05, 4.69) is 19.1 Å². The second-order valence-corrected chi connectivity index (χ2v) is 6.93. The molecule has 0 aliphatic carbocycles. The highest BCUT2D eigenvalue weighted by molar-refractivity contribution is 5.65. The quantitative estimate of drug-likeness (QED) is 0.557. The van der Waals surface area contributed by atoms with Crippen molar-refractivity contribution in [2.24, 2.45) is 0 Å². The van der Waals surface area contributed by atoms with Crippen molar-refractivity contribution < 1.29 is 18.3 Å². The molecule has 4 heteroatoms. The number of hydrogen-bond donors (Lipinski definition) is 0. The molecule has 2 atom stereocenters. The van der Waals surface area contributed by atoms with Gasteiger partial charge in [-0.25, -0.2) is 4.39 Å². The Bertz CT molecular complexity index is 776. The van der Waals surface area contributed by atoms with Crippen molar-refractivity contribution in [3.63, 3.8) is 0 Å². The van der Waals surface area contributed by atoms with Gasteiger partial charge in [0.1, 0.15) is 0 Å². The monoisotopic (exact) mass is 372 g/mol. The molecule has 0 spiro atoms. The Kier molecular flexibility index (Phi) is 6.62. The molecule has 0 amide bonds. The van der Waals surface area contributed by atoms with Gasteiger partial charge < -0.3 is 9.47 Å². The maximum Gasteiger partial charge on any atom is 0.201 e. The summed E-state index contributed by atoms with van der Waals surface area (Å²) in [7, 11) is 1.32. The Morgan fingerprint density at radius 2 is 1.85 bits per heavy atom. The average Bonchev–Trinajstić information content (AvgIpc) is 2.71. The lowest BCUT2D eigenvalue weighted by Gasteiger charge is -2.28. The van der Waals surface area contributed by atoms with E-state index >= 15 is 0 Å². The molecule has 2 aromatic rings. The molecule has 1 aliphatic heterocycles. The van der Waals surface area contributed by atoms with Gasteiger partial charge in [-0.15, -0.1) is 0 Å². The van der Waals surface area contributed by atoms with Crippen LogP contribution in [0, 0.1) is 11.6 Å². The van der Waals surface area contributed by atoms with Crippen LogP contribution in [-0.2, 0) is 4.74 Å². The molecule has 1 aliphatic rings. The van der Waals surface area contributed by atoms with Crippen molar-refractivity contribution in [3.8, 4) is 16.9 Å². The van der Waals surface area contributed by atoms with E-state index in [1.807, 2.05) is 24.3 Å². The van der Waals surface area contributed by atoms with E-state index in [9.17, 15) is 8.78 Å². The van der Waals surface area contributed by atoms with Crippen LogP contribution in [-0.4, -0.2) is 19.8 Å². The average molecular weight is 372 g/mol. The second-order valence-electron chi connectivity index (χ2n) is 6.93. The topological polar surface area (TPSA) is 18.5 Å². The van der Waals surface area contributed by atoms with Crippen LogP contribution in [0.15, 0.2) is 48.6 Å². The SMILES string of the molecule is CCC/C=C/C1CCC(c2ccc(-c3ccc(OC)c(F)c3F)cc2)CO1. The van der Waals surface area contributed by atoms with Crippen molar-refractivity contribution >= 4 is 0 Å². The van der Waals surface area contributed by atoms with Gasteiger partial charge in [0, 0.05) is 11.5 Å². The van der Waals surface area contributed by atoms with Crippen molar-refractivity contribution in [3.05, 3.63) is 65.7 Å². The number of allylic oxidation sites excluding steroid dienone is 1. The molecular weight excluding hydrogens is 346 g/mol. The summed E-state index contributed by atoms with van der Waals surface area (Å²) in [6.07, 6.45) is 8.89. The van der Waals surface area contributed by atoms with Crippen LogP contribution in [0.3, 0.4) is 0 Å². The summed E-state index contributed by atoms with van der Waals surface area (Å²) >= 11 is 0. The van der Waals surface area contributed by atoms with E-state index < -0.39 is 11.6 Å². The summed E-state index contributed by atoms with van der Waals surface area (Å²) in [6, 6.07) is 10.6. The standard InChI is InChI=1S/C23H26F2O2/c1-3-4-5-6-19-12-11-18(15-27-19)16-7-9-17(10-8-16)20-13-14-21(26-2)23(25)22(20)24/h5-10,13-14,18-19H,3-4,11-12,15H2,1-2H3/b6-5+. The zero-order chi connectivity index (χ0) is 19.2. The van der Waals surface area contributed by atoms with Crippen LogP contribution < -0.4 is 4.74 Å². The molecule has 1 saturated heterocycles. The van der Waals surface area contributed by atoms with Gasteiger partial charge in [0.2, 0.25) is 5.82 Å². The van der Waals surface area contributed by atoms with Gasteiger partial charge in [-0.2, -0.15) is 4.39 Å². The smallest absolute Gasteiger partial charge is 0.201 e. The minimum absolute atomic E-state index is 0.0882. The van der Waals surface area contributed by atoms with Crippen LogP contribution in [0.25, 0.3) is 11.1 Å². The van der Waals surface area contributed by atoms with Crippen LogP contribution in [0.4, 0.5) is 8.78 Å². The summed E-state index contributed by atoms with van der Waals surface area (Å²) in [6.45, 7) is 2.85. The number of ether oxygens (including phenoxy) is 2. The fourth-order valence-electron chi connectivity index (χ4n) is 3.45. The summed E-state index contributed by atoms with van der Waals surface area (Å²) in [5.41, 5.74) is 2.06. The van der Waals surface area contributed by atoms with Crippen molar-refractivity contribution in [1.82, 2.24) is 0 Å². The first-order valence-corrected chi connectivity index (χ1v) is 9.54. The summed E-state index contributed by atoms with van der Waals surface area (Å²) < 4.78 is 39.0. The van der Waals surface area contributed by atoms with Gasteiger partial charge >= 0.3 is 0 Å². The molecule has 0 N–H and O–H groups in total. The minimum atomic E-state index is -0.957. The lowest BCUT2D eigenvalue weighted by molar-refractivity contribution is 0.0326. The number of hydrogen-bond acceptors (Lipinski definition) is 2. The molecular formula is C23H26F2O2. The van der Waals surface area contributed by atoms with Crippen molar-refractivity contribution in [1.29, 1.82) is 0 Å². The van der Waals surface area contributed by atoms with E-state index in [0.717, 1.165) is 25.7 Å². The number of rotatable bonds is 6. The van der Waals surface area contributed by atoms with Gasteiger partial charge in [-0.05, 0) is 42.5 Å². The molecule has 2 nitrogen and oxygen atoms in total. The van der Waals surface area contributed by atoms with Gasteiger partial charge in [0.05, 0.1) is 19.8 Å². The third-order valence-corrected chi connectivity index (χ3v) is 5.08. The third-order valence-electron chi connectivity index (χ3n) is 5.08. The summed E-state index contributed by atoms with van der Waals surface area (Å²) in [4.78, 5) is 0. The molecule has 27 heavy (non-hydrogen) atoms. The maximum atomic E-state index is 14.3. The predicted molar refractivity (Wildman–Crippen MR) is 104 cm³/mol. The van der Waals surface area contributed by atoms with Gasteiger partial charge in [0.25, 0.3) is 0 Å². The highest BCUT2D eigenvalue weighted by atomic mass is 19.2. The molecule has 0 radical (unpaired) electrons. The highest BCUT2D eigenvalue weighted by Gasteiger charge is 2.22. The van der Waals surface area contributed by atoms with Crippen LogP contribution in [0.5, 0.6) is 5.75 Å². The third kappa shape index (κ3) is 4.56. The van der Waals surface area contributed by atoms with Crippen LogP contribution in [0.1, 0.15) is 44.1 Å². The Labute approximate surface area is 159 Å².